The minimum atomic E-state index is -0.692. The Morgan fingerprint density at radius 2 is 1.85 bits per heavy atom. The Morgan fingerprint density at radius 3 is 2.42 bits per heavy atom. The number of nitro benzene ring substituents is 1. The second-order valence-corrected chi connectivity index (χ2v) is 8.03. The molecule has 0 saturated heterocycles. The lowest BCUT2D eigenvalue weighted by molar-refractivity contribution is -0.384. The molecule has 1 aliphatic carbocycles. The molecule has 0 amide bonds. The van der Waals surface area contributed by atoms with Crippen LogP contribution in [0.1, 0.15) is 58.4 Å². The molecule has 0 unspecified atom stereocenters. The summed E-state index contributed by atoms with van der Waals surface area (Å²) in [6.45, 7) is 6.07. The van der Waals surface area contributed by atoms with Crippen molar-refractivity contribution >= 4 is 23.3 Å². The number of hydrogen-bond donors (Lipinski definition) is 2. The van der Waals surface area contributed by atoms with Gasteiger partial charge < -0.3 is 11.5 Å². The highest BCUT2D eigenvalue weighted by Gasteiger charge is 2.44. The third-order valence-corrected chi connectivity index (χ3v) is 5.13. The smallest absolute Gasteiger partial charge is 0.293 e. The van der Waals surface area contributed by atoms with Crippen LogP contribution >= 0.6 is 0 Å². The van der Waals surface area contributed by atoms with Gasteiger partial charge in [0, 0.05) is 6.07 Å². The fourth-order valence-corrected chi connectivity index (χ4v) is 3.80. The van der Waals surface area contributed by atoms with Crippen molar-refractivity contribution < 1.29 is 4.92 Å². The fraction of sp³-hybridized carbons (Fsp3) is 0.556. The van der Waals surface area contributed by atoms with E-state index in [2.05, 4.69) is 9.98 Å². The quantitative estimate of drug-likeness (QED) is 0.621. The van der Waals surface area contributed by atoms with E-state index < -0.39 is 5.66 Å². The maximum absolute atomic E-state index is 11.8. The second-order valence-electron chi connectivity index (χ2n) is 8.03. The molecule has 8 heteroatoms. The van der Waals surface area contributed by atoms with E-state index in [1.54, 1.807) is 17.0 Å². The Hall–Kier alpha value is -2.64. The molecule has 2 aliphatic rings. The first-order valence-corrected chi connectivity index (χ1v) is 8.93. The summed E-state index contributed by atoms with van der Waals surface area (Å²) < 4.78 is 0. The molecule has 8 nitrogen and oxygen atoms in total. The van der Waals surface area contributed by atoms with E-state index >= 15 is 0 Å². The number of nitro groups is 1. The first-order valence-electron chi connectivity index (χ1n) is 8.93. The van der Waals surface area contributed by atoms with E-state index in [1.807, 2.05) is 26.8 Å². The van der Waals surface area contributed by atoms with E-state index in [0.717, 1.165) is 37.7 Å². The van der Waals surface area contributed by atoms with Crippen LogP contribution in [-0.4, -0.2) is 22.5 Å². The van der Waals surface area contributed by atoms with E-state index in [-0.39, 0.29) is 27.9 Å². The summed E-state index contributed by atoms with van der Waals surface area (Å²) in [6.07, 6.45) is 4.51. The van der Waals surface area contributed by atoms with E-state index in [1.165, 1.54) is 0 Å². The van der Waals surface area contributed by atoms with Crippen molar-refractivity contribution in [1.29, 1.82) is 0 Å². The fourth-order valence-electron chi connectivity index (χ4n) is 3.80. The van der Waals surface area contributed by atoms with Crippen LogP contribution in [0.5, 0.6) is 0 Å². The third kappa shape index (κ3) is 3.11. The number of nitrogens with two attached hydrogens (primary N) is 2. The summed E-state index contributed by atoms with van der Waals surface area (Å²) in [5.41, 5.74) is 12.5. The lowest BCUT2D eigenvalue weighted by Crippen LogP contribution is -2.58. The van der Waals surface area contributed by atoms with Crippen molar-refractivity contribution in [3.63, 3.8) is 0 Å². The molecule has 1 spiro atoms. The number of nitrogens with zero attached hydrogens (tertiary/aromatic N) is 4. The minimum Gasteiger partial charge on any atom is -0.369 e. The Bertz CT molecular complexity index is 787. The molecule has 1 aromatic rings. The molecule has 1 fully saturated rings. The standard InChI is InChI=1S/C18H26N6O2/c1-17(2,3)12-7-8-13(14(11-12)24(25)26)23-16(20)21-15(19)22-18(23)9-5-4-6-10-18/h7-8,11H,4-6,9-10H2,1-3H3,(H4,19,20,21,22). The van der Waals surface area contributed by atoms with Crippen LogP contribution in [-0.2, 0) is 5.41 Å². The van der Waals surface area contributed by atoms with Crippen LogP contribution in [0.3, 0.4) is 0 Å². The highest BCUT2D eigenvalue weighted by Crippen LogP contribution is 2.43. The van der Waals surface area contributed by atoms with Crippen LogP contribution in [0, 0.1) is 10.1 Å². The summed E-state index contributed by atoms with van der Waals surface area (Å²) in [5.74, 6) is 0.292. The molecule has 0 aromatic heterocycles. The zero-order valence-corrected chi connectivity index (χ0v) is 15.5. The summed E-state index contributed by atoms with van der Waals surface area (Å²) in [4.78, 5) is 21.8. The average Bonchev–Trinajstić information content (AvgIpc) is 2.53. The normalized spacial score (nSPS) is 19.9. The molecule has 1 aromatic carbocycles. The number of benzene rings is 1. The van der Waals surface area contributed by atoms with Crippen LogP contribution in [0.15, 0.2) is 28.2 Å². The van der Waals surface area contributed by atoms with E-state index in [4.69, 9.17) is 11.5 Å². The molecule has 1 saturated carbocycles. The van der Waals surface area contributed by atoms with Gasteiger partial charge in [-0.1, -0.05) is 33.3 Å². The highest BCUT2D eigenvalue weighted by atomic mass is 16.6. The molecule has 3 rings (SSSR count). The summed E-state index contributed by atoms with van der Waals surface area (Å²) in [7, 11) is 0. The van der Waals surface area contributed by atoms with Crippen molar-refractivity contribution in [2.75, 3.05) is 4.90 Å². The summed E-state index contributed by atoms with van der Waals surface area (Å²) in [6, 6.07) is 5.29. The van der Waals surface area contributed by atoms with Crippen LogP contribution in [0.25, 0.3) is 0 Å². The largest absolute Gasteiger partial charge is 0.369 e. The lowest BCUT2D eigenvalue weighted by Gasteiger charge is -2.45. The van der Waals surface area contributed by atoms with Crippen molar-refractivity contribution in [2.45, 2.75) is 64.0 Å². The molecule has 4 N–H and O–H groups in total. The highest BCUT2D eigenvalue weighted by molar-refractivity contribution is 6.06. The average molecular weight is 358 g/mol. The van der Waals surface area contributed by atoms with Gasteiger partial charge in [-0.15, -0.1) is 0 Å². The molecule has 0 atom stereocenters. The SMILES string of the molecule is CC(C)(C)c1ccc(N2C(N)=NC(N)=NC23CCCCC3)c([N+](=O)[O-])c1. The Morgan fingerprint density at radius 1 is 1.19 bits per heavy atom. The van der Waals surface area contributed by atoms with Gasteiger partial charge in [-0.25, -0.2) is 4.99 Å². The monoisotopic (exact) mass is 358 g/mol. The molecule has 1 aliphatic heterocycles. The lowest BCUT2D eigenvalue weighted by atomic mass is 9.85. The van der Waals surface area contributed by atoms with Crippen LogP contribution < -0.4 is 16.4 Å². The first-order chi connectivity index (χ1) is 12.1. The van der Waals surface area contributed by atoms with E-state index in [0.29, 0.717) is 5.69 Å². The van der Waals surface area contributed by atoms with Crippen molar-refractivity contribution in [3.05, 3.63) is 33.9 Å². The number of rotatable bonds is 2. The Labute approximate surface area is 153 Å². The van der Waals surface area contributed by atoms with Gasteiger partial charge in [-0.2, -0.15) is 4.99 Å². The van der Waals surface area contributed by atoms with Gasteiger partial charge in [0.15, 0.2) is 0 Å². The number of aliphatic imine (C=N–C) groups is 2. The molecular formula is C18H26N6O2. The predicted molar refractivity (Wildman–Crippen MR) is 103 cm³/mol. The van der Waals surface area contributed by atoms with Gasteiger partial charge in [0.25, 0.3) is 5.69 Å². The number of anilines is 1. The van der Waals surface area contributed by atoms with Gasteiger partial charge in [-0.3, -0.25) is 15.0 Å². The maximum Gasteiger partial charge on any atom is 0.293 e. The predicted octanol–water partition coefficient (Wildman–Crippen LogP) is 3.00. The van der Waals surface area contributed by atoms with Gasteiger partial charge in [0.2, 0.25) is 11.9 Å². The number of guanidine groups is 2. The van der Waals surface area contributed by atoms with Crippen molar-refractivity contribution in [1.82, 2.24) is 0 Å². The molecule has 1 heterocycles. The molecule has 0 radical (unpaired) electrons. The van der Waals surface area contributed by atoms with Crippen LogP contribution in [0.2, 0.25) is 0 Å². The molecular weight excluding hydrogens is 332 g/mol. The zero-order valence-electron chi connectivity index (χ0n) is 15.5. The molecule has 0 bridgehead atoms. The zero-order chi connectivity index (χ0) is 19.1. The van der Waals surface area contributed by atoms with Crippen molar-refractivity contribution in [2.24, 2.45) is 21.5 Å². The van der Waals surface area contributed by atoms with E-state index in [9.17, 15) is 10.1 Å². The maximum atomic E-state index is 11.8. The van der Waals surface area contributed by atoms with Crippen LogP contribution in [0.4, 0.5) is 11.4 Å². The molecule has 140 valence electrons. The van der Waals surface area contributed by atoms with Gasteiger partial charge in [0.1, 0.15) is 11.4 Å². The first kappa shape index (κ1) is 18.2. The summed E-state index contributed by atoms with van der Waals surface area (Å²) >= 11 is 0. The third-order valence-electron chi connectivity index (χ3n) is 5.13. The topological polar surface area (TPSA) is 123 Å². The van der Waals surface area contributed by atoms with Gasteiger partial charge in [-0.05, 0) is 42.7 Å². The number of hydrogen-bond acceptors (Lipinski definition) is 7. The second kappa shape index (κ2) is 6.26. The summed E-state index contributed by atoms with van der Waals surface area (Å²) in [5, 5.41) is 11.8. The Kier molecular flexibility index (Phi) is 4.37. The van der Waals surface area contributed by atoms with Gasteiger partial charge >= 0.3 is 0 Å². The van der Waals surface area contributed by atoms with Gasteiger partial charge in [0.05, 0.1) is 4.92 Å². The minimum absolute atomic E-state index is 0.0104. The molecule has 26 heavy (non-hydrogen) atoms. The van der Waals surface area contributed by atoms with Crippen molar-refractivity contribution in [3.8, 4) is 0 Å². The Balaban J connectivity index is 2.17.